The number of hydrogen-bond donors (Lipinski definition) is 2. The maximum atomic E-state index is 13.7. The molecule has 18 heteroatoms. The van der Waals surface area contributed by atoms with Crippen molar-refractivity contribution in [3.8, 4) is 0 Å². The number of aromatic nitrogens is 3. The molecular formula is C16H16CsF6N5O5S. The Morgan fingerprint density at radius 1 is 1.15 bits per heavy atom. The number of benzene rings is 1. The summed E-state index contributed by atoms with van der Waals surface area (Å²) >= 11 is 0. The number of hydrogen-bond acceptors (Lipinski definition) is 7. The van der Waals surface area contributed by atoms with E-state index in [2.05, 4.69) is 10.2 Å². The molecule has 1 aromatic heterocycles. The van der Waals surface area contributed by atoms with Crippen LogP contribution in [0.2, 0.25) is 0 Å². The average molecular weight is 637 g/mol. The largest absolute Gasteiger partial charge is 1.00 e. The van der Waals surface area contributed by atoms with Crippen LogP contribution in [0.15, 0.2) is 12.1 Å². The number of nitrogens with two attached hydrogens (primary N) is 1. The minimum Gasteiger partial charge on any atom is -0.726 e. The molecule has 0 fully saturated rings. The maximum absolute atomic E-state index is 13.7. The molecule has 1 aliphatic rings. The molecule has 0 saturated heterocycles. The Bertz CT molecular complexity index is 1120. The molecule has 0 saturated carbocycles. The molecule has 0 aliphatic carbocycles. The summed E-state index contributed by atoms with van der Waals surface area (Å²) in [7, 11) is -4.92. The maximum Gasteiger partial charge on any atom is 1.00 e. The predicted octanol–water partition coefficient (Wildman–Crippen LogP) is -1.97. The van der Waals surface area contributed by atoms with E-state index in [1.165, 1.54) is 4.90 Å². The number of alkyl halides is 3. The van der Waals surface area contributed by atoms with Crippen LogP contribution >= 0.6 is 0 Å². The summed E-state index contributed by atoms with van der Waals surface area (Å²) < 4.78 is 112. The van der Waals surface area contributed by atoms with Crippen LogP contribution in [0.5, 0.6) is 0 Å². The third-order valence-corrected chi connectivity index (χ3v) is 4.37. The molecule has 2 aromatic rings. The standard InChI is InChI=1S/C16H15F6N5O.Cs.H2O4S/c17-10-6-12(19)11(18)4-8(10)3-9(23)5-14(28)26-1-2-27-13(7-26)24-25-15(27)16(20,21)22;;1-5(2,3)4/h4,6,9H,1-3,5,7,23H2;;(H2,1,2,3,4)/q;+1;/p-1/t9-;;/m1../s1. The number of rotatable bonds is 4. The number of amides is 1. The fourth-order valence-electron chi connectivity index (χ4n) is 3.01. The fraction of sp³-hybridized carbons (Fsp3) is 0.438. The second kappa shape index (κ2) is 12.5. The molecule has 1 amide bonds. The summed E-state index contributed by atoms with van der Waals surface area (Å²) in [5.74, 6) is -5.15. The van der Waals surface area contributed by atoms with Crippen LogP contribution in [-0.2, 0) is 40.9 Å². The minimum atomic E-state index is -4.92. The van der Waals surface area contributed by atoms with Gasteiger partial charge in [-0.25, -0.2) is 21.6 Å². The van der Waals surface area contributed by atoms with Crippen molar-refractivity contribution in [1.82, 2.24) is 19.7 Å². The molecule has 1 atom stereocenters. The van der Waals surface area contributed by atoms with E-state index in [9.17, 15) is 31.1 Å². The minimum absolute atomic E-state index is 0. The van der Waals surface area contributed by atoms with Crippen molar-refractivity contribution in [3.05, 3.63) is 46.8 Å². The molecule has 34 heavy (non-hydrogen) atoms. The van der Waals surface area contributed by atoms with Crippen molar-refractivity contribution in [1.29, 1.82) is 0 Å². The molecule has 10 nitrogen and oxygen atoms in total. The SMILES string of the molecule is N[C@@H](CC(=O)N1CCn2c(nnc2C(F)(F)F)C1)Cc1cc(F)c(F)cc1F.O=S(=O)([O-])O.[Cs+]. The number of nitrogens with zero attached hydrogens (tertiary/aromatic N) is 4. The monoisotopic (exact) mass is 637 g/mol. The molecule has 0 radical (unpaired) electrons. The van der Waals surface area contributed by atoms with E-state index >= 15 is 0 Å². The van der Waals surface area contributed by atoms with Gasteiger partial charge in [-0.05, 0) is 18.1 Å². The Hall–Kier alpha value is -0.708. The van der Waals surface area contributed by atoms with Gasteiger partial charge in [0.15, 0.2) is 17.5 Å². The zero-order valence-electron chi connectivity index (χ0n) is 17.4. The molecule has 3 N–H and O–H groups in total. The number of carbonyl (C=O) groups excluding carboxylic acids is 1. The Morgan fingerprint density at radius 3 is 2.26 bits per heavy atom. The third-order valence-electron chi connectivity index (χ3n) is 4.37. The summed E-state index contributed by atoms with van der Waals surface area (Å²) in [6, 6.07) is 0.184. The van der Waals surface area contributed by atoms with Crippen molar-refractivity contribution in [3.63, 3.8) is 0 Å². The molecule has 1 aliphatic heterocycles. The van der Waals surface area contributed by atoms with Gasteiger partial charge in [0.05, 0.1) is 6.54 Å². The number of fused-ring (bicyclic) bond motifs is 1. The van der Waals surface area contributed by atoms with Gasteiger partial charge in [0.2, 0.25) is 22.1 Å². The van der Waals surface area contributed by atoms with Gasteiger partial charge in [-0.1, -0.05) is 0 Å². The normalized spacial score (nSPS) is 14.4. The quantitative estimate of drug-likeness (QED) is 0.170. The van der Waals surface area contributed by atoms with Gasteiger partial charge < -0.3 is 19.8 Å². The van der Waals surface area contributed by atoms with Crippen LogP contribution in [-0.4, -0.2) is 55.7 Å². The van der Waals surface area contributed by atoms with Gasteiger partial charge >= 0.3 is 75.1 Å². The van der Waals surface area contributed by atoms with Crippen LogP contribution in [0.25, 0.3) is 0 Å². The smallest absolute Gasteiger partial charge is 0.726 e. The molecule has 184 valence electrons. The van der Waals surface area contributed by atoms with Crippen LogP contribution < -0.4 is 74.6 Å². The first-order chi connectivity index (χ1) is 15.1. The summed E-state index contributed by atoms with van der Waals surface area (Å²) in [6.45, 7) is -0.302. The molecule has 0 unspecified atom stereocenters. The fourth-order valence-corrected chi connectivity index (χ4v) is 3.01. The van der Waals surface area contributed by atoms with Crippen molar-refractivity contribution < 1.29 is 118 Å². The summed E-state index contributed by atoms with van der Waals surface area (Å²) in [5.41, 5.74) is 5.64. The average Bonchev–Trinajstić information content (AvgIpc) is 3.08. The number of carbonyl (C=O) groups is 1. The van der Waals surface area contributed by atoms with E-state index in [1.54, 1.807) is 0 Å². The second-order valence-electron chi connectivity index (χ2n) is 6.86. The Labute approximate surface area is 247 Å². The zero-order chi connectivity index (χ0) is 25.1. The van der Waals surface area contributed by atoms with Crippen LogP contribution in [0.3, 0.4) is 0 Å². The summed E-state index contributed by atoms with van der Waals surface area (Å²) in [5, 5.41) is 6.60. The van der Waals surface area contributed by atoms with Crippen molar-refractivity contribution >= 4 is 16.3 Å². The molecule has 3 rings (SSSR count). The van der Waals surface area contributed by atoms with Crippen molar-refractivity contribution in [2.24, 2.45) is 5.73 Å². The van der Waals surface area contributed by atoms with Crippen LogP contribution in [0.1, 0.15) is 23.6 Å². The summed E-state index contributed by atoms with van der Waals surface area (Å²) in [4.78, 5) is 13.6. The molecule has 0 spiro atoms. The van der Waals surface area contributed by atoms with E-state index in [0.29, 0.717) is 12.1 Å². The first-order valence-corrected chi connectivity index (χ1v) is 10.3. The predicted molar refractivity (Wildman–Crippen MR) is 95.4 cm³/mol. The number of halogens is 6. The Kier molecular flexibility index (Phi) is 11.5. The van der Waals surface area contributed by atoms with Crippen LogP contribution in [0.4, 0.5) is 26.3 Å². The van der Waals surface area contributed by atoms with E-state index in [0.717, 1.165) is 4.57 Å². The van der Waals surface area contributed by atoms with Crippen molar-refractivity contribution in [2.75, 3.05) is 6.54 Å². The van der Waals surface area contributed by atoms with Crippen molar-refractivity contribution in [2.45, 2.75) is 38.1 Å². The van der Waals surface area contributed by atoms with Crippen LogP contribution in [0, 0.1) is 17.5 Å². The molecule has 0 bridgehead atoms. The first kappa shape index (κ1) is 31.3. The Balaban J connectivity index is 0.000000873. The van der Waals surface area contributed by atoms with Gasteiger partial charge in [-0.15, -0.1) is 10.2 Å². The van der Waals surface area contributed by atoms with Gasteiger partial charge in [0, 0.05) is 31.6 Å². The van der Waals surface area contributed by atoms with Gasteiger partial charge in [0.1, 0.15) is 5.82 Å². The van der Waals surface area contributed by atoms with E-state index in [4.69, 9.17) is 23.3 Å². The van der Waals surface area contributed by atoms with Gasteiger partial charge in [-0.2, -0.15) is 13.2 Å². The van der Waals surface area contributed by atoms with E-state index in [1.807, 2.05) is 0 Å². The van der Waals surface area contributed by atoms with E-state index < -0.39 is 51.8 Å². The topological polar surface area (TPSA) is 154 Å². The second-order valence-corrected chi connectivity index (χ2v) is 7.71. The van der Waals surface area contributed by atoms with Gasteiger partial charge in [0.25, 0.3) is 0 Å². The van der Waals surface area contributed by atoms with E-state index in [-0.39, 0.29) is 113 Å². The van der Waals surface area contributed by atoms with Gasteiger partial charge in [-0.3, -0.25) is 9.35 Å². The first-order valence-electron chi connectivity index (χ1n) is 8.90. The molecule has 2 heterocycles. The zero-order valence-corrected chi connectivity index (χ0v) is 24.5. The Morgan fingerprint density at radius 2 is 1.71 bits per heavy atom. The third kappa shape index (κ3) is 9.39. The molecular weight excluding hydrogens is 621 g/mol. The summed E-state index contributed by atoms with van der Waals surface area (Å²) in [6.07, 6.45) is -5.11. The molecule has 1 aromatic carbocycles.